The van der Waals surface area contributed by atoms with Gasteiger partial charge in [0.05, 0.1) is 43.0 Å². The Kier molecular flexibility index (Phi) is 13.9. The van der Waals surface area contributed by atoms with Gasteiger partial charge in [0.1, 0.15) is 29.5 Å². The Labute approximate surface area is 370 Å². The summed E-state index contributed by atoms with van der Waals surface area (Å²) < 4.78 is 26.1. The van der Waals surface area contributed by atoms with Crippen LogP contribution in [0.3, 0.4) is 0 Å². The number of methoxy groups -OCH3 is 1. The third kappa shape index (κ3) is 10.1. The molecular weight excluding hydrogens is 844 g/mol. The fourth-order valence-corrected chi connectivity index (χ4v) is 8.96. The number of H-pyrrole nitrogens is 2. The molecule has 2 saturated heterocycles. The van der Waals surface area contributed by atoms with Crippen molar-refractivity contribution in [3.8, 4) is 39.4 Å². The van der Waals surface area contributed by atoms with Gasteiger partial charge in [0, 0.05) is 33.7 Å². The molecule has 64 heavy (non-hydrogen) atoms. The van der Waals surface area contributed by atoms with E-state index in [0.29, 0.717) is 36.7 Å². The van der Waals surface area contributed by atoms with Gasteiger partial charge in [0.15, 0.2) is 0 Å². The SMILES string of the molecule is COC(=O)N[C@@H](Cc1ccc(OP(=O)(O)OC)cc1)C(=O)N1CCC[C@H]1c1ncc(-c2ccc(-c3ccc(-c4cnc([C@@H]5CCCN5C(=O)[C@H](C(C)C)N(C)C(=O)O)[nH]4)cc3)cc2)[nH]1. The number of ether oxygens (including phenoxy) is 1. The number of nitrogens with zero attached hydrogens (tertiary/aromatic N) is 5. The number of hydrogen-bond donors (Lipinski definition) is 5. The van der Waals surface area contributed by atoms with Gasteiger partial charge in [-0.1, -0.05) is 74.5 Å². The van der Waals surface area contributed by atoms with Gasteiger partial charge < -0.3 is 39.5 Å². The normalized spacial score (nSPS) is 18.0. The Balaban J connectivity index is 0.996. The number of likely N-dealkylation sites (N-methyl/N-ethyl adjacent to an activating group) is 1. The largest absolute Gasteiger partial charge is 0.527 e. The number of imidazole rings is 2. The molecule has 4 heterocycles. The Bertz CT molecular complexity index is 2490. The van der Waals surface area contributed by atoms with E-state index >= 15 is 0 Å². The topological polar surface area (TPSA) is 233 Å². The third-order valence-corrected chi connectivity index (χ3v) is 12.7. The molecular formula is C45H53N8O10P. The average molecular weight is 897 g/mol. The minimum Gasteiger partial charge on any atom is -0.465 e. The van der Waals surface area contributed by atoms with Gasteiger partial charge in [-0.2, -0.15) is 0 Å². The minimum atomic E-state index is -4.25. The molecule has 3 aromatic carbocycles. The van der Waals surface area contributed by atoms with Gasteiger partial charge in [-0.05, 0) is 71.6 Å². The molecule has 5 atom stereocenters. The van der Waals surface area contributed by atoms with Gasteiger partial charge in [-0.15, -0.1) is 0 Å². The van der Waals surface area contributed by atoms with E-state index in [4.69, 9.17) is 9.26 Å². The molecule has 5 aromatic rings. The van der Waals surface area contributed by atoms with Crippen molar-refractivity contribution >= 4 is 31.8 Å². The molecule has 0 spiro atoms. The Hall–Kier alpha value is -6.49. The van der Waals surface area contributed by atoms with E-state index in [9.17, 15) is 33.7 Å². The molecule has 0 saturated carbocycles. The van der Waals surface area contributed by atoms with Crippen molar-refractivity contribution in [3.63, 3.8) is 0 Å². The zero-order valence-electron chi connectivity index (χ0n) is 36.3. The summed E-state index contributed by atoms with van der Waals surface area (Å²) in [5.74, 6) is 0.703. The number of carboxylic acid groups (broad SMARTS) is 1. The Morgan fingerprint density at radius 3 is 1.73 bits per heavy atom. The summed E-state index contributed by atoms with van der Waals surface area (Å²) in [6, 6.07) is 20.0. The lowest BCUT2D eigenvalue weighted by Crippen LogP contribution is -2.51. The van der Waals surface area contributed by atoms with Crippen molar-refractivity contribution in [1.82, 2.24) is 40.0 Å². The van der Waals surface area contributed by atoms with Crippen molar-refractivity contribution in [1.29, 1.82) is 0 Å². The fourth-order valence-electron chi connectivity index (χ4n) is 8.50. The first kappa shape index (κ1) is 45.5. The molecule has 5 N–H and O–H groups in total. The molecule has 338 valence electrons. The molecule has 18 nitrogen and oxygen atoms in total. The minimum absolute atomic E-state index is 0.106. The number of rotatable bonds is 15. The average Bonchev–Trinajstić information content (AvgIpc) is 4.14. The molecule has 2 aliphatic rings. The number of carbonyl (C=O) groups is 4. The molecule has 2 aliphatic heterocycles. The molecule has 2 fully saturated rings. The van der Waals surface area contributed by atoms with Crippen LogP contribution in [0, 0.1) is 5.92 Å². The number of aromatic amines is 2. The third-order valence-electron chi connectivity index (χ3n) is 11.8. The number of carbonyl (C=O) groups excluding carboxylic acids is 3. The summed E-state index contributed by atoms with van der Waals surface area (Å²) in [5, 5.41) is 12.3. The number of amides is 4. The van der Waals surface area contributed by atoms with Gasteiger partial charge in [0.25, 0.3) is 0 Å². The van der Waals surface area contributed by atoms with E-state index in [-0.39, 0.29) is 42.0 Å². The van der Waals surface area contributed by atoms with Crippen LogP contribution in [0.2, 0.25) is 0 Å². The molecule has 19 heteroatoms. The predicted molar refractivity (Wildman–Crippen MR) is 236 cm³/mol. The van der Waals surface area contributed by atoms with Gasteiger partial charge >= 0.3 is 20.0 Å². The predicted octanol–water partition coefficient (Wildman–Crippen LogP) is 7.19. The van der Waals surface area contributed by atoms with E-state index in [1.165, 1.54) is 26.3 Å². The summed E-state index contributed by atoms with van der Waals surface area (Å²) in [5.41, 5.74) is 6.13. The number of phosphoric acid groups is 1. The van der Waals surface area contributed by atoms with Crippen LogP contribution in [0.1, 0.15) is 68.8 Å². The van der Waals surface area contributed by atoms with E-state index in [0.717, 1.165) is 64.9 Å². The van der Waals surface area contributed by atoms with Crippen LogP contribution in [-0.4, -0.2) is 115 Å². The van der Waals surface area contributed by atoms with Crippen LogP contribution in [-0.2, 0) is 29.8 Å². The standard InChI is InChI=1S/C45H53N8O10P/c1-27(2)39(51(3)45(57)58)43(55)53-23-7-9-38(53)41-47-26-36(49-41)32-18-14-30(15-19-32)29-12-16-31(17-13-29)35-25-46-40(48-35)37-8-6-22-52(37)42(54)34(50-44(56)61-4)24-28-10-20-33(21-11-28)63-64(59,60)62-5/h10-21,25-27,34,37-39H,6-9,22-24H2,1-5H3,(H,46,48)(H,47,49)(H,50,56)(H,57,58)(H,59,60)/t34-,37-,38-,39-/m0/s1. The van der Waals surface area contributed by atoms with Crippen molar-refractivity contribution in [2.75, 3.05) is 34.4 Å². The van der Waals surface area contributed by atoms with Crippen LogP contribution in [0.4, 0.5) is 9.59 Å². The van der Waals surface area contributed by atoms with Gasteiger partial charge in [0.2, 0.25) is 11.8 Å². The summed E-state index contributed by atoms with van der Waals surface area (Å²) in [6.07, 6.45) is 4.70. The zero-order valence-corrected chi connectivity index (χ0v) is 37.2. The highest BCUT2D eigenvalue weighted by atomic mass is 31.2. The second kappa shape index (κ2) is 19.5. The number of likely N-dealkylation sites (tertiary alicyclic amines) is 2. The molecule has 4 amide bonds. The molecule has 0 bridgehead atoms. The van der Waals surface area contributed by atoms with Crippen LogP contribution in [0.5, 0.6) is 5.75 Å². The number of alkyl carbamates (subject to hydrolysis) is 1. The quantitative estimate of drug-likeness (QED) is 0.0658. The smallest absolute Gasteiger partial charge is 0.465 e. The van der Waals surface area contributed by atoms with Crippen molar-refractivity contribution in [2.45, 2.75) is 70.1 Å². The lowest BCUT2D eigenvalue weighted by atomic mass is 10.0. The maximum absolute atomic E-state index is 14.1. The van der Waals surface area contributed by atoms with Gasteiger partial charge in [-0.25, -0.2) is 24.1 Å². The van der Waals surface area contributed by atoms with Crippen molar-refractivity contribution in [2.24, 2.45) is 5.92 Å². The highest BCUT2D eigenvalue weighted by molar-refractivity contribution is 7.47. The maximum atomic E-state index is 14.1. The Morgan fingerprint density at radius 1 is 0.797 bits per heavy atom. The van der Waals surface area contributed by atoms with Crippen LogP contribution < -0.4 is 9.84 Å². The first-order valence-corrected chi connectivity index (χ1v) is 22.5. The highest BCUT2D eigenvalue weighted by Crippen LogP contribution is 2.43. The van der Waals surface area contributed by atoms with Crippen molar-refractivity contribution < 1.29 is 47.5 Å². The van der Waals surface area contributed by atoms with Crippen LogP contribution in [0.25, 0.3) is 33.6 Å². The first-order chi connectivity index (χ1) is 30.7. The van der Waals surface area contributed by atoms with Crippen molar-refractivity contribution in [3.05, 3.63) is 102 Å². The number of hydrogen-bond acceptors (Lipinski definition) is 10. The summed E-state index contributed by atoms with van der Waals surface area (Å²) >= 11 is 0. The highest BCUT2D eigenvalue weighted by Gasteiger charge is 2.40. The van der Waals surface area contributed by atoms with E-state index in [2.05, 4.69) is 29.8 Å². The summed E-state index contributed by atoms with van der Waals surface area (Å²) in [4.78, 5) is 82.2. The summed E-state index contributed by atoms with van der Waals surface area (Å²) in [7, 11) is -0.522. The number of benzene rings is 3. The molecule has 7 rings (SSSR count). The molecule has 0 aliphatic carbocycles. The van der Waals surface area contributed by atoms with E-state index < -0.39 is 32.1 Å². The number of phosphoric ester groups is 1. The molecule has 1 unspecified atom stereocenters. The zero-order chi connectivity index (χ0) is 45.7. The first-order valence-electron chi connectivity index (χ1n) is 21.1. The van der Waals surface area contributed by atoms with E-state index in [1.807, 2.05) is 62.4 Å². The number of nitrogens with one attached hydrogen (secondary N) is 3. The monoisotopic (exact) mass is 896 g/mol. The van der Waals surface area contributed by atoms with Crippen LogP contribution >= 0.6 is 7.82 Å². The fraction of sp³-hybridized carbons (Fsp3) is 0.378. The lowest BCUT2D eigenvalue weighted by Gasteiger charge is -2.33. The van der Waals surface area contributed by atoms with Gasteiger partial charge in [-0.3, -0.25) is 23.9 Å². The Morgan fingerprint density at radius 2 is 1.28 bits per heavy atom. The lowest BCUT2D eigenvalue weighted by molar-refractivity contribution is -0.138. The summed E-state index contributed by atoms with van der Waals surface area (Å²) in [6.45, 7) is 4.71. The maximum Gasteiger partial charge on any atom is 0.527 e. The molecule has 2 aromatic heterocycles. The molecule has 0 radical (unpaired) electrons. The van der Waals surface area contributed by atoms with E-state index in [1.54, 1.807) is 34.3 Å². The second-order valence-corrected chi connectivity index (χ2v) is 17.7. The second-order valence-electron chi connectivity index (χ2n) is 16.3. The number of aromatic nitrogens is 4. The van der Waals surface area contributed by atoms with Crippen LogP contribution in [0.15, 0.2) is 85.2 Å².